The lowest BCUT2D eigenvalue weighted by Crippen LogP contribution is -2.63. The second-order valence-electron chi connectivity index (χ2n) is 6.15. The molecule has 3 heterocycles. The first-order valence-corrected chi connectivity index (χ1v) is 9.05. The van der Waals surface area contributed by atoms with E-state index in [9.17, 15) is 34.0 Å². The van der Waals surface area contributed by atoms with Gasteiger partial charge in [-0.15, -0.1) is 0 Å². The molecule has 0 aromatic carbocycles. The molecule has 26 heavy (non-hydrogen) atoms. The molecule has 0 spiro atoms. The van der Waals surface area contributed by atoms with Crippen LogP contribution in [0.2, 0.25) is 0 Å². The largest absolute Gasteiger partial charge is 0.397 e. The van der Waals surface area contributed by atoms with Crippen LogP contribution in [0.25, 0.3) is 0 Å². The molecule has 14 heteroatoms. The van der Waals surface area contributed by atoms with Gasteiger partial charge in [0.05, 0.1) is 13.2 Å². The molecule has 3 saturated heterocycles. The summed E-state index contributed by atoms with van der Waals surface area (Å²) < 4.78 is 56.4. The van der Waals surface area contributed by atoms with Gasteiger partial charge in [-0.25, -0.2) is 4.18 Å². The predicted molar refractivity (Wildman–Crippen MR) is 75.7 cm³/mol. The topological polar surface area (TPSA) is 202 Å². The van der Waals surface area contributed by atoms with Gasteiger partial charge in [-0.2, -0.15) is 8.42 Å². The summed E-state index contributed by atoms with van der Waals surface area (Å²) in [5, 5.41) is 48.6. The van der Waals surface area contributed by atoms with E-state index in [1.54, 1.807) is 0 Å². The van der Waals surface area contributed by atoms with Crippen LogP contribution in [0.3, 0.4) is 0 Å². The van der Waals surface area contributed by atoms with E-state index in [2.05, 4.69) is 4.18 Å². The molecule has 3 fully saturated rings. The Labute approximate surface area is 147 Å². The Balaban J connectivity index is 1.80. The van der Waals surface area contributed by atoms with Crippen LogP contribution in [0, 0.1) is 0 Å². The van der Waals surface area contributed by atoms with E-state index in [4.69, 9.17) is 23.5 Å². The summed E-state index contributed by atoms with van der Waals surface area (Å²) >= 11 is 0. The van der Waals surface area contributed by atoms with Crippen molar-refractivity contribution in [3.05, 3.63) is 0 Å². The Morgan fingerprint density at radius 2 is 1.69 bits per heavy atom. The van der Waals surface area contributed by atoms with Crippen LogP contribution in [-0.4, -0.2) is 113 Å². The van der Waals surface area contributed by atoms with Gasteiger partial charge in [0, 0.05) is 0 Å². The maximum Gasteiger partial charge on any atom is 0.397 e. The SMILES string of the molecule is O=S(=O)(O)O[C@H]1[C@H](O[C@@H]2[C@@H]3OC[C@H]2O[C@H](O)[C@@H]3O)O[C@H](CO)[C@H](O)[C@@H]1O. The first kappa shape index (κ1) is 20.2. The Morgan fingerprint density at radius 3 is 2.31 bits per heavy atom. The molecule has 0 aromatic rings. The Morgan fingerprint density at radius 1 is 1.00 bits per heavy atom. The third-order valence-electron chi connectivity index (χ3n) is 4.43. The molecule has 10 atom stereocenters. The zero-order valence-corrected chi connectivity index (χ0v) is 14.0. The van der Waals surface area contributed by atoms with Crippen LogP contribution in [0.5, 0.6) is 0 Å². The zero-order valence-electron chi connectivity index (χ0n) is 13.1. The Bertz CT molecular complexity index is 598. The average Bonchev–Trinajstić information content (AvgIpc) is 2.87. The number of hydrogen-bond donors (Lipinski definition) is 6. The van der Waals surface area contributed by atoms with Crippen molar-refractivity contribution in [2.75, 3.05) is 13.2 Å². The maximum atomic E-state index is 11.0. The summed E-state index contributed by atoms with van der Waals surface area (Å²) in [6, 6.07) is 0. The maximum absolute atomic E-state index is 11.0. The molecule has 2 bridgehead atoms. The third-order valence-corrected chi connectivity index (χ3v) is 4.90. The lowest BCUT2D eigenvalue weighted by atomic mass is 9.98. The van der Waals surface area contributed by atoms with Gasteiger partial charge in [0.1, 0.15) is 42.7 Å². The first-order chi connectivity index (χ1) is 12.1. The fourth-order valence-electron chi connectivity index (χ4n) is 3.17. The molecule has 0 radical (unpaired) electrons. The van der Waals surface area contributed by atoms with E-state index in [0.29, 0.717) is 0 Å². The molecule has 0 saturated carbocycles. The summed E-state index contributed by atoms with van der Waals surface area (Å²) in [4.78, 5) is 0. The minimum atomic E-state index is -5.05. The molecule has 152 valence electrons. The van der Waals surface area contributed by atoms with Crippen molar-refractivity contribution >= 4 is 10.4 Å². The molecule has 0 amide bonds. The van der Waals surface area contributed by atoms with Crippen molar-refractivity contribution in [2.24, 2.45) is 0 Å². The number of aliphatic hydroxyl groups excluding tert-OH is 5. The van der Waals surface area contributed by atoms with Gasteiger partial charge in [-0.3, -0.25) is 4.55 Å². The van der Waals surface area contributed by atoms with Crippen molar-refractivity contribution < 1.29 is 61.6 Å². The van der Waals surface area contributed by atoms with E-state index in [0.717, 1.165) is 0 Å². The summed E-state index contributed by atoms with van der Waals surface area (Å²) in [6.07, 6.45) is -14.4. The molecule has 3 aliphatic heterocycles. The normalized spacial score (nSPS) is 49.3. The van der Waals surface area contributed by atoms with Crippen LogP contribution in [0.4, 0.5) is 0 Å². The lowest BCUT2D eigenvalue weighted by molar-refractivity contribution is -0.333. The van der Waals surface area contributed by atoms with Crippen LogP contribution >= 0.6 is 0 Å². The molecule has 3 rings (SSSR count). The summed E-state index contributed by atoms with van der Waals surface area (Å²) in [7, 11) is -5.05. The van der Waals surface area contributed by atoms with Gasteiger partial charge in [0.2, 0.25) is 0 Å². The van der Waals surface area contributed by atoms with E-state index in [1.807, 2.05) is 0 Å². The summed E-state index contributed by atoms with van der Waals surface area (Å²) in [5.41, 5.74) is 0. The fraction of sp³-hybridized carbons (Fsp3) is 1.00. The van der Waals surface area contributed by atoms with E-state index in [1.165, 1.54) is 0 Å². The minimum absolute atomic E-state index is 0.0470. The van der Waals surface area contributed by atoms with Crippen LogP contribution in [-0.2, 0) is 33.5 Å². The highest BCUT2D eigenvalue weighted by Gasteiger charge is 2.55. The summed E-state index contributed by atoms with van der Waals surface area (Å²) in [5.74, 6) is 0. The van der Waals surface area contributed by atoms with Crippen LogP contribution in [0.1, 0.15) is 0 Å². The highest BCUT2D eigenvalue weighted by Crippen LogP contribution is 2.34. The van der Waals surface area contributed by atoms with E-state index in [-0.39, 0.29) is 6.61 Å². The monoisotopic (exact) mass is 404 g/mol. The number of rotatable bonds is 5. The first-order valence-electron chi connectivity index (χ1n) is 7.69. The molecular weight excluding hydrogens is 384 g/mol. The Kier molecular flexibility index (Phi) is 5.84. The van der Waals surface area contributed by atoms with Crippen molar-refractivity contribution in [1.29, 1.82) is 0 Å². The number of ether oxygens (including phenoxy) is 4. The minimum Gasteiger partial charge on any atom is -0.394 e. The summed E-state index contributed by atoms with van der Waals surface area (Å²) in [6.45, 7) is -0.781. The standard InChI is InChI=1S/C12H20O13S/c13-1-3-5(14)6(15)10(25-26(18,19)20)12(23-3)24-8-4-2-21-9(8)7(16)11(17)22-4/h3-17H,1-2H2,(H,18,19,20)/t3-,4-,5+,6+,7-,8+,9-,10-,11+,12+/m1/s1. The van der Waals surface area contributed by atoms with Gasteiger partial charge in [-0.05, 0) is 0 Å². The number of aliphatic hydroxyl groups is 5. The fourth-order valence-corrected chi connectivity index (χ4v) is 3.65. The molecule has 6 N–H and O–H groups in total. The molecule has 13 nitrogen and oxygen atoms in total. The van der Waals surface area contributed by atoms with E-state index >= 15 is 0 Å². The third kappa shape index (κ3) is 3.87. The van der Waals surface area contributed by atoms with Gasteiger partial charge < -0.3 is 44.5 Å². The molecule has 0 unspecified atom stereocenters. The van der Waals surface area contributed by atoms with Crippen LogP contribution < -0.4 is 0 Å². The number of fused-ring (bicyclic) bond motifs is 2. The zero-order chi connectivity index (χ0) is 19.2. The molecular formula is C12H20O13S. The molecule has 3 aliphatic rings. The molecule has 0 aliphatic carbocycles. The van der Waals surface area contributed by atoms with Gasteiger partial charge in [0.15, 0.2) is 18.7 Å². The van der Waals surface area contributed by atoms with Crippen molar-refractivity contribution in [2.45, 2.75) is 61.4 Å². The Hall–Kier alpha value is -0.490. The van der Waals surface area contributed by atoms with Gasteiger partial charge in [-0.1, -0.05) is 0 Å². The molecule has 0 aromatic heterocycles. The van der Waals surface area contributed by atoms with Gasteiger partial charge in [0.25, 0.3) is 0 Å². The second-order valence-corrected chi connectivity index (χ2v) is 7.20. The smallest absolute Gasteiger partial charge is 0.394 e. The van der Waals surface area contributed by atoms with Crippen LogP contribution in [0.15, 0.2) is 0 Å². The highest BCUT2D eigenvalue weighted by atomic mass is 32.3. The average molecular weight is 404 g/mol. The van der Waals surface area contributed by atoms with Crippen molar-refractivity contribution in [3.63, 3.8) is 0 Å². The lowest BCUT2D eigenvalue weighted by Gasteiger charge is -2.43. The van der Waals surface area contributed by atoms with Crippen molar-refractivity contribution in [3.8, 4) is 0 Å². The number of hydrogen-bond acceptors (Lipinski definition) is 12. The second kappa shape index (κ2) is 7.50. The quantitative estimate of drug-likeness (QED) is 0.239. The van der Waals surface area contributed by atoms with E-state index < -0.39 is 78.4 Å². The predicted octanol–water partition coefficient (Wildman–Crippen LogP) is -4.52. The van der Waals surface area contributed by atoms with Crippen molar-refractivity contribution in [1.82, 2.24) is 0 Å². The highest BCUT2D eigenvalue weighted by molar-refractivity contribution is 7.80. The van der Waals surface area contributed by atoms with Gasteiger partial charge >= 0.3 is 10.4 Å².